The highest BCUT2D eigenvalue weighted by molar-refractivity contribution is 7.94. The first kappa shape index (κ1) is 18.2. The maximum absolute atomic E-state index is 12.3. The van der Waals surface area contributed by atoms with E-state index in [4.69, 9.17) is 4.74 Å². The zero-order chi connectivity index (χ0) is 18.6. The Kier molecular flexibility index (Phi) is 5.38. The van der Waals surface area contributed by atoms with Crippen LogP contribution >= 0.6 is 11.3 Å². The van der Waals surface area contributed by atoms with E-state index in [9.17, 15) is 8.42 Å². The summed E-state index contributed by atoms with van der Waals surface area (Å²) < 4.78 is 32.3. The second kappa shape index (κ2) is 7.71. The van der Waals surface area contributed by atoms with Crippen LogP contribution in [-0.4, -0.2) is 25.7 Å². The second-order valence-electron chi connectivity index (χ2n) is 5.48. The van der Waals surface area contributed by atoms with Crippen LogP contribution in [0.25, 0.3) is 0 Å². The van der Waals surface area contributed by atoms with Gasteiger partial charge < -0.3 is 10.1 Å². The molecule has 0 aliphatic rings. The maximum Gasteiger partial charge on any atom is 0.272 e. The molecule has 0 unspecified atom stereocenters. The van der Waals surface area contributed by atoms with Crippen molar-refractivity contribution in [2.24, 2.45) is 0 Å². The number of nitrogens with one attached hydrogen (secondary N) is 2. The molecule has 136 valence electrons. The van der Waals surface area contributed by atoms with Crippen molar-refractivity contribution in [3.63, 3.8) is 0 Å². The molecule has 9 heteroatoms. The van der Waals surface area contributed by atoms with Crippen molar-refractivity contribution in [3.8, 4) is 5.75 Å². The molecule has 2 heterocycles. The zero-order valence-corrected chi connectivity index (χ0v) is 15.9. The molecule has 2 aromatic heterocycles. The quantitative estimate of drug-likeness (QED) is 0.643. The van der Waals surface area contributed by atoms with Crippen LogP contribution in [0.3, 0.4) is 0 Å². The van der Waals surface area contributed by atoms with Gasteiger partial charge in [-0.2, -0.15) is 0 Å². The van der Waals surface area contributed by atoms with Crippen LogP contribution in [0.4, 0.5) is 11.6 Å². The SMILES string of the molecule is COc1ccc(CNc2ccc(NS(=O)(=O)c3ccc(C)s3)nn2)cc1. The third-order valence-electron chi connectivity index (χ3n) is 3.52. The Morgan fingerprint density at radius 2 is 1.69 bits per heavy atom. The normalized spacial score (nSPS) is 11.2. The lowest BCUT2D eigenvalue weighted by atomic mass is 10.2. The minimum atomic E-state index is -3.63. The molecule has 0 amide bonds. The Morgan fingerprint density at radius 1 is 1.00 bits per heavy atom. The van der Waals surface area contributed by atoms with Gasteiger partial charge in [-0.25, -0.2) is 8.42 Å². The molecule has 0 spiro atoms. The number of hydrogen-bond donors (Lipinski definition) is 2. The average molecular weight is 390 g/mol. The van der Waals surface area contributed by atoms with Crippen LogP contribution < -0.4 is 14.8 Å². The third-order valence-corrected chi connectivity index (χ3v) is 6.36. The van der Waals surface area contributed by atoms with E-state index in [1.54, 1.807) is 31.4 Å². The van der Waals surface area contributed by atoms with Gasteiger partial charge in [0.2, 0.25) is 0 Å². The summed E-state index contributed by atoms with van der Waals surface area (Å²) in [5, 5.41) is 11.1. The van der Waals surface area contributed by atoms with E-state index in [-0.39, 0.29) is 10.0 Å². The molecular weight excluding hydrogens is 372 g/mol. The standard InChI is InChI=1S/C17H18N4O3S2/c1-12-3-10-17(25-12)26(22,23)21-16-9-8-15(19-20-16)18-11-13-4-6-14(24-2)7-5-13/h3-10H,11H2,1-2H3,(H,18,19)(H,20,21). The summed E-state index contributed by atoms with van der Waals surface area (Å²) in [6, 6.07) is 14.2. The van der Waals surface area contributed by atoms with E-state index in [0.29, 0.717) is 12.4 Å². The minimum absolute atomic E-state index is 0.172. The number of benzene rings is 1. The van der Waals surface area contributed by atoms with E-state index >= 15 is 0 Å². The maximum atomic E-state index is 12.3. The number of thiophene rings is 1. The summed E-state index contributed by atoms with van der Waals surface area (Å²) in [7, 11) is -2.01. The van der Waals surface area contributed by atoms with Crippen molar-refractivity contribution >= 4 is 33.0 Å². The lowest BCUT2D eigenvalue weighted by Gasteiger charge is -2.08. The van der Waals surface area contributed by atoms with Gasteiger partial charge in [0.1, 0.15) is 15.8 Å². The molecule has 3 aromatic rings. The average Bonchev–Trinajstić information content (AvgIpc) is 3.09. The molecule has 0 aliphatic carbocycles. The number of rotatable bonds is 7. The minimum Gasteiger partial charge on any atom is -0.497 e. The van der Waals surface area contributed by atoms with Gasteiger partial charge in [0.15, 0.2) is 5.82 Å². The molecule has 2 N–H and O–H groups in total. The number of sulfonamides is 1. The fourth-order valence-corrected chi connectivity index (χ4v) is 4.44. The first-order valence-corrected chi connectivity index (χ1v) is 10.1. The number of methoxy groups -OCH3 is 1. The van der Waals surface area contributed by atoms with Gasteiger partial charge in [0.25, 0.3) is 10.0 Å². The van der Waals surface area contributed by atoms with Crippen molar-refractivity contribution in [1.29, 1.82) is 0 Å². The predicted octanol–water partition coefficient (Wildman–Crippen LogP) is 3.27. The molecule has 0 fully saturated rings. The van der Waals surface area contributed by atoms with Gasteiger partial charge in [-0.05, 0) is 48.9 Å². The Balaban J connectivity index is 1.61. The van der Waals surface area contributed by atoms with E-state index in [0.717, 1.165) is 16.2 Å². The Labute approximate surface area is 156 Å². The molecule has 3 rings (SSSR count). The largest absolute Gasteiger partial charge is 0.497 e. The van der Waals surface area contributed by atoms with Crippen molar-refractivity contribution in [2.45, 2.75) is 17.7 Å². The number of anilines is 2. The van der Waals surface area contributed by atoms with E-state index < -0.39 is 10.0 Å². The van der Waals surface area contributed by atoms with E-state index in [1.807, 2.05) is 31.2 Å². The fraction of sp³-hybridized carbons (Fsp3) is 0.176. The Bertz CT molecular complexity index is 968. The Hall–Kier alpha value is -2.65. The van der Waals surface area contributed by atoms with Gasteiger partial charge >= 0.3 is 0 Å². The molecule has 0 radical (unpaired) electrons. The summed E-state index contributed by atoms with van der Waals surface area (Å²) in [5.74, 6) is 1.52. The van der Waals surface area contributed by atoms with E-state index in [2.05, 4.69) is 20.2 Å². The fourth-order valence-electron chi connectivity index (χ4n) is 2.16. The van der Waals surface area contributed by atoms with Crippen molar-refractivity contribution < 1.29 is 13.2 Å². The van der Waals surface area contributed by atoms with Crippen molar-refractivity contribution in [1.82, 2.24) is 10.2 Å². The van der Waals surface area contributed by atoms with E-state index in [1.165, 1.54) is 11.3 Å². The number of aromatic nitrogens is 2. The van der Waals surface area contributed by atoms with Crippen LogP contribution in [0.5, 0.6) is 5.75 Å². The summed E-state index contributed by atoms with van der Waals surface area (Å²) >= 11 is 1.21. The predicted molar refractivity (Wildman–Crippen MR) is 102 cm³/mol. The molecule has 26 heavy (non-hydrogen) atoms. The number of aryl methyl sites for hydroxylation is 1. The molecular formula is C17H18N4O3S2. The van der Waals surface area contributed by atoms with Crippen LogP contribution in [0.1, 0.15) is 10.4 Å². The van der Waals surface area contributed by atoms with Crippen molar-refractivity contribution in [3.05, 3.63) is 59.0 Å². The van der Waals surface area contributed by atoms with Crippen LogP contribution in [0, 0.1) is 6.92 Å². The highest BCUT2D eigenvalue weighted by Crippen LogP contribution is 2.22. The van der Waals surface area contributed by atoms with Crippen LogP contribution in [0.15, 0.2) is 52.7 Å². The first-order chi connectivity index (χ1) is 12.5. The first-order valence-electron chi connectivity index (χ1n) is 7.76. The van der Waals surface area contributed by atoms with Crippen LogP contribution in [-0.2, 0) is 16.6 Å². The zero-order valence-electron chi connectivity index (χ0n) is 14.3. The highest BCUT2D eigenvalue weighted by atomic mass is 32.2. The van der Waals surface area contributed by atoms with Gasteiger partial charge in [-0.15, -0.1) is 21.5 Å². The van der Waals surface area contributed by atoms with Gasteiger partial charge in [0.05, 0.1) is 7.11 Å². The lowest BCUT2D eigenvalue weighted by molar-refractivity contribution is 0.414. The van der Waals surface area contributed by atoms with Gasteiger partial charge in [-0.1, -0.05) is 12.1 Å². The molecule has 0 saturated carbocycles. The lowest BCUT2D eigenvalue weighted by Crippen LogP contribution is -2.13. The Morgan fingerprint density at radius 3 is 2.27 bits per heavy atom. The topological polar surface area (TPSA) is 93.2 Å². The summed E-state index contributed by atoms with van der Waals surface area (Å²) in [6.45, 7) is 2.42. The van der Waals surface area contributed by atoms with Crippen LogP contribution in [0.2, 0.25) is 0 Å². The molecule has 0 saturated heterocycles. The summed E-state index contributed by atoms with van der Waals surface area (Å²) in [4.78, 5) is 0.925. The summed E-state index contributed by atoms with van der Waals surface area (Å²) in [5.41, 5.74) is 1.06. The number of hydrogen-bond acceptors (Lipinski definition) is 7. The molecule has 7 nitrogen and oxygen atoms in total. The molecule has 0 bridgehead atoms. The smallest absolute Gasteiger partial charge is 0.272 e. The summed E-state index contributed by atoms with van der Waals surface area (Å²) in [6.07, 6.45) is 0. The third kappa shape index (κ3) is 4.50. The molecule has 1 aromatic carbocycles. The van der Waals surface area contributed by atoms with Gasteiger partial charge in [0, 0.05) is 11.4 Å². The molecule has 0 aliphatic heterocycles. The van der Waals surface area contributed by atoms with Crippen molar-refractivity contribution in [2.75, 3.05) is 17.1 Å². The second-order valence-corrected chi connectivity index (χ2v) is 8.67. The monoisotopic (exact) mass is 390 g/mol. The molecule has 0 atom stereocenters. The number of ether oxygens (including phenoxy) is 1. The number of nitrogens with zero attached hydrogens (tertiary/aromatic N) is 2. The van der Waals surface area contributed by atoms with Gasteiger partial charge in [-0.3, -0.25) is 4.72 Å². The highest BCUT2D eigenvalue weighted by Gasteiger charge is 2.17.